The molecule has 1 aromatic carbocycles. The highest BCUT2D eigenvalue weighted by Crippen LogP contribution is 2.26. The van der Waals surface area contributed by atoms with Crippen LogP contribution in [0.4, 0.5) is 0 Å². The fourth-order valence-electron chi connectivity index (χ4n) is 3.10. The summed E-state index contributed by atoms with van der Waals surface area (Å²) in [5, 5.41) is 4.50. The summed E-state index contributed by atoms with van der Waals surface area (Å²) in [7, 11) is 1.96. The number of nitrogens with zero attached hydrogens (tertiary/aromatic N) is 4. The Morgan fingerprint density at radius 3 is 2.38 bits per heavy atom. The Kier molecular flexibility index (Phi) is 4.06. The molecular formula is C17H24N4. The van der Waals surface area contributed by atoms with Gasteiger partial charge in [0.05, 0.1) is 0 Å². The van der Waals surface area contributed by atoms with Crippen LogP contribution < -0.4 is 0 Å². The Balaban J connectivity index is 1.79. The fraction of sp³-hybridized carbons (Fsp3) is 0.529. The van der Waals surface area contributed by atoms with Crippen LogP contribution in [-0.2, 0) is 13.5 Å². The van der Waals surface area contributed by atoms with E-state index in [0.717, 1.165) is 23.6 Å². The van der Waals surface area contributed by atoms with Gasteiger partial charge in [0.2, 0.25) is 0 Å². The van der Waals surface area contributed by atoms with Crippen molar-refractivity contribution in [1.82, 2.24) is 19.7 Å². The first-order valence-corrected chi connectivity index (χ1v) is 7.93. The van der Waals surface area contributed by atoms with Crippen molar-refractivity contribution in [3.8, 4) is 11.4 Å². The van der Waals surface area contributed by atoms with Gasteiger partial charge in [-0.3, -0.25) is 9.58 Å². The normalized spacial score (nSPS) is 17.3. The highest BCUT2D eigenvalue weighted by atomic mass is 15.3. The Morgan fingerprint density at radius 2 is 1.81 bits per heavy atom. The van der Waals surface area contributed by atoms with E-state index in [-0.39, 0.29) is 0 Å². The molecule has 0 amide bonds. The van der Waals surface area contributed by atoms with Crippen molar-refractivity contribution in [1.29, 1.82) is 0 Å². The van der Waals surface area contributed by atoms with E-state index in [4.69, 9.17) is 0 Å². The van der Waals surface area contributed by atoms with E-state index in [1.807, 2.05) is 11.7 Å². The lowest BCUT2D eigenvalue weighted by molar-refractivity contribution is 0.263. The van der Waals surface area contributed by atoms with Crippen molar-refractivity contribution in [3.05, 3.63) is 35.7 Å². The first-order chi connectivity index (χ1) is 10.2. The second-order valence-corrected chi connectivity index (χ2v) is 5.87. The molecule has 1 aromatic heterocycles. The number of hydrogen-bond acceptors (Lipinski definition) is 3. The van der Waals surface area contributed by atoms with Crippen LogP contribution in [-0.4, -0.2) is 32.8 Å². The molecule has 0 bridgehead atoms. The van der Waals surface area contributed by atoms with Gasteiger partial charge < -0.3 is 0 Å². The van der Waals surface area contributed by atoms with Crippen LogP contribution in [0.3, 0.4) is 0 Å². The summed E-state index contributed by atoms with van der Waals surface area (Å²) in [4.78, 5) is 7.15. The lowest BCUT2D eigenvalue weighted by Gasteiger charge is -2.24. The summed E-state index contributed by atoms with van der Waals surface area (Å²) in [6, 6.07) is 9.25. The number of rotatable bonds is 4. The number of benzene rings is 1. The molecule has 1 aliphatic heterocycles. The highest BCUT2D eigenvalue weighted by molar-refractivity contribution is 5.55. The zero-order valence-corrected chi connectivity index (χ0v) is 13.2. The Labute approximate surface area is 126 Å². The first kappa shape index (κ1) is 14.3. The van der Waals surface area contributed by atoms with E-state index in [1.54, 1.807) is 0 Å². The summed E-state index contributed by atoms with van der Waals surface area (Å²) < 4.78 is 1.87. The minimum absolute atomic E-state index is 0.504. The average molecular weight is 284 g/mol. The zero-order chi connectivity index (χ0) is 14.8. The second-order valence-electron chi connectivity index (χ2n) is 5.87. The van der Waals surface area contributed by atoms with Crippen molar-refractivity contribution in [3.63, 3.8) is 0 Å². The van der Waals surface area contributed by atoms with Crippen molar-refractivity contribution in [2.45, 2.75) is 39.2 Å². The zero-order valence-electron chi connectivity index (χ0n) is 13.2. The monoisotopic (exact) mass is 284 g/mol. The minimum Gasteiger partial charge on any atom is -0.297 e. The van der Waals surface area contributed by atoms with Gasteiger partial charge in [0, 0.05) is 25.1 Å². The van der Waals surface area contributed by atoms with Gasteiger partial charge in [-0.1, -0.05) is 31.2 Å². The third-order valence-corrected chi connectivity index (χ3v) is 4.51. The Bertz CT molecular complexity index is 594. The average Bonchev–Trinajstić information content (AvgIpc) is 3.16. The molecule has 0 radical (unpaired) electrons. The molecule has 2 aromatic rings. The van der Waals surface area contributed by atoms with Crippen molar-refractivity contribution in [2.24, 2.45) is 7.05 Å². The first-order valence-electron chi connectivity index (χ1n) is 7.93. The number of likely N-dealkylation sites (tertiary alicyclic amines) is 1. The third kappa shape index (κ3) is 2.86. The van der Waals surface area contributed by atoms with Gasteiger partial charge in [-0.15, -0.1) is 0 Å². The van der Waals surface area contributed by atoms with Crippen molar-refractivity contribution in [2.75, 3.05) is 13.1 Å². The summed E-state index contributed by atoms with van der Waals surface area (Å²) in [6.45, 7) is 6.86. The van der Waals surface area contributed by atoms with Crippen LogP contribution >= 0.6 is 0 Å². The van der Waals surface area contributed by atoms with Crippen LogP contribution in [0.1, 0.15) is 44.1 Å². The maximum atomic E-state index is 4.59. The van der Waals surface area contributed by atoms with Gasteiger partial charge in [0.15, 0.2) is 5.82 Å². The molecule has 2 heterocycles. The lowest BCUT2D eigenvalue weighted by Crippen LogP contribution is -2.23. The Hall–Kier alpha value is -1.68. The molecule has 0 N–H and O–H groups in total. The van der Waals surface area contributed by atoms with Crippen LogP contribution in [0.25, 0.3) is 11.4 Å². The van der Waals surface area contributed by atoms with Crippen LogP contribution in [0.2, 0.25) is 0 Å². The molecule has 1 unspecified atom stereocenters. The molecule has 0 spiro atoms. The molecule has 4 nitrogen and oxygen atoms in total. The number of aromatic nitrogens is 3. The smallest absolute Gasteiger partial charge is 0.181 e. The standard InChI is InChI=1S/C17H24N4/c1-4-16-18-17(19-20(16)3)15-9-7-14(8-10-15)13(2)21-11-5-6-12-21/h7-10,13H,4-6,11-12H2,1-3H3. The summed E-state index contributed by atoms with van der Waals surface area (Å²) in [6.07, 6.45) is 3.58. The fourth-order valence-corrected chi connectivity index (χ4v) is 3.10. The van der Waals surface area contributed by atoms with Crippen LogP contribution in [0, 0.1) is 0 Å². The maximum absolute atomic E-state index is 4.59. The van der Waals surface area contributed by atoms with Gasteiger partial charge in [-0.2, -0.15) is 5.10 Å². The van der Waals surface area contributed by atoms with Crippen LogP contribution in [0.5, 0.6) is 0 Å². The van der Waals surface area contributed by atoms with Gasteiger partial charge in [-0.05, 0) is 38.4 Å². The summed E-state index contributed by atoms with van der Waals surface area (Å²) in [5.74, 6) is 1.86. The predicted molar refractivity (Wildman–Crippen MR) is 85.0 cm³/mol. The Morgan fingerprint density at radius 1 is 1.14 bits per heavy atom. The molecular weight excluding hydrogens is 260 g/mol. The molecule has 1 fully saturated rings. The van der Waals surface area contributed by atoms with Crippen molar-refractivity contribution >= 4 is 0 Å². The molecule has 0 aliphatic carbocycles. The summed E-state index contributed by atoms with van der Waals surface area (Å²) in [5.41, 5.74) is 2.48. The maximum Gasteiger partial charge on any atom is 0.181 e. The molecule has 3 rings (SSSR count). The van der Waals surface area contributed by atoms with Crippen LogP contribution in [0.15, 0.2) is 24.3 Å². The van der Waals surface area contributed by atoms with Crippen molar-refractivity contribution < 1.29 is 0 Å². The third-order valence-electron chi connectivity index (χ3n) is 4.51. The van der Waals surface area contributed by atoms with E-state index in [2.05, 4.69) is 53.1 Å². The van der Waals surface area contributed by atoms with Gasteiger partial charge in [0.25, 0.3) is 0 Å². The van der Waals surface area contributed by atoms with Gasteiger partial charge in [0.1, 0.15) is 5.82 Å². The molecule has 4 heteroatoms. The summed E-state index contributed by atoms with van der Waals surface area (Å²) >= 11 is 0. The number of aryl methyl sites for hydroxylation is 2. The van der Waals surface area contributed by atoms with E-state index in [1.165, 1.54) is 31.5 Å². The predicted octanol–water partition coefficient (Wildman–Crippen LogP) is 3.20. The second kappa shape index (κ2) is 5.98. The minimum atomic E-state index is 0.504. The number of hydrogen-bond donors (Lipinski definition) is 0. The molecule has 0 saturated carbocycles. The van der Waals surface area contributed by atoms with E-state index >= 15 is 0 Å². The van der Waals surface area contributed by atoms with E-state index in [9.17, 15) is 0 Å². The molecule has 1 atom stereocenters. The quantitative estimate of drug-likeness (QED) is 0.864. The molecule has 1 saturated heterocycles. The molecule has 112 valence electrons. The highest BCUT2D eigenvalue weighted by Gasteiger charge is 2.19. The SMILES string of the molecule is CCc1nc(-c2ccc(C(C)N3CCCC3)cc2)nn1C. The topological polar surface area (TPSA) is 34.0 Å². The molecule has 1 aliphatic rings. The molecule has 21 heavy (non-hydrogen) atoms. The largest absolute Gasteiger partial charge is 0.297 e. The van der Waals surface area contributed by atoms with Gasteiger partial charge in [-0.25, -0.2) is 4.98 Å². The van der Waals surface area contributed by atoms with Gasteiger partial charge >= 0.3 is 0 Å². The van der Waals surface area contributed by atoms with E-state index in [0.29, 0.717) is 6.04 Å². The van der Waals surface area contributed by atoms with E-state index < -0.39 is 0 Å². The lowest BCUT2D eigenvalue weighted by atomic mass is 10.0.